The second kappa shape index (κ2) is 6.69. The minimum absolute atomic E-state index is 0.290. The van der Waals surface area contributed by atoms with Crippen LogP contribution in [0.2, 0.25) is 0 Å². The molecule has 2 N–H and O–H groups in total. The molecule has 110 valence electrons. The summed E-state index contributed by atoms with van der Waals surface area (Å²) in [5.41, 5.74) is 5.96. The van der Waals surface area contributed by atoms with Crippen LogP contribution in [0.4, 0.5) is 0 Å². The second-order valence-corrected chi connectivity index (χ2v) is 7.60. The second-order valence-electron chi connectivity index (χ2n) is 7.13. The molecule has 0 aromatic heterocycles. The Morgan fingerprint density at radius 2 is 1.89 bits per heavy atom. The van der Waals surface area contributed by atoms with Crippen LogP contribution in [0.25, 0.3) is 0 Å². The molecule has 0 spiro atoms. The van der Waals surface area contributed by atoms with Gasteiger partial charge in [0.05, 0.1) is 4.99 Å². The quantitative estimate of drug-likeness (QED) is 0.807. The number of nitrogens with two attached hydrogens (primary N) is 1. The van der Waals surface area contributed by atoms with Gasteiger partial charge < -0.3 is 10.6 Å². The first-order valence-corrected chi connectivity index (χ1v) is 7.67. The van der Waals surface area contributed by atoms with E-state index in [0.717, 1.165) is 32.4 Å². The van der Waals surface area contributed by atoms with Crippen LogP contribution in [0, 0.1) is 17.3 Å². The summed E-state index contributed by atoms with van der Waals surface area (Å²) in [6.45, 7) is 10.5. The monoisotopic (exact) mass is 284 g/mol. The van der Waals surface area contributed by atoms with Crippen LogP contribution >= 0.6 is 12.2 Å². The van der Waals surface area contributed by atoms with Crippen molar-refractivity contribution in [3.63, 3.8) is 0 Å². The molecule has 0 saturated carbocycles. The molecule has 0 aromatic rings. The molecule has 19 heavy (non-hydrogen) atoms. The summed E-state index contributed by atoms with van der Waals surface area (Å²) in [6.07, 6.45) is 3.60. The molecule has 3 nitrogen and oxygen atoms in total. The van der Waals surface area contributed by atoms with E-state index in [-0.39, 0.29) is 5.91 Å². The maximum Gasteiger partial charge on any atom is 0.222 e. The van der Waals surface area contributed by atoms with Gasteiger partial charge >= 0.3 is 0 Å². The number of nitrogens with zero attached hydrogens (tertiary/aromatic N) is 1. The van der Waals surface area contributed by atoms with Crippen molar-refractivity contribution in [3.8, 4) is 0 Å². The molecule has 1 heterocycles. The van der Waals surface area contributed by atoms with E-state index in [1.165, 1.54) is 0 Å². The van der Waals surface area contributed by atoms with Gasteiger partial charge in [-0.1, -0.05) is 39.9 Å². The van der Waals surface area contributed by atoms with Gasteiger partial charge in [0.15, 0.2) is 0 Å². The van der Waals surface area contributed by atoms with Crippen LogP contribution < -0.4 is 5.73 Å². The number of piperidine rings is 1. The van der Waals surface area contributed by atoms with Gasteiger partial charge in [0.1, 0.15) is 0 Å². The highest BCUT2D eigenvalue weighted by molar-refractivity contribution is 7.80. The van der Waals surface area contributed by atoms with Crippen molar-refractivity contribution in [3.05, 3.63) is 0 Å². The molecule has 0 bridgehead atoms. The van der Waals surface area contributed by atoms with Crippen molar-refractivity contribution < 1.29 is 4.79 Å². The van der Waals surface area contributed by atoms with Crippen molar-refractivity contribution in [1.82, 2.24) is 4.90 Å². The minimum atomic E-state index is 0.290. The molecule has 4 heteroatoms. The molecule has 1 rings (SSSR count). The van der Waals surface area contributed by atoms with E-state index in [4.69, 9.17) is 18.0 Å². The third-order valence-electron chi connectivity index (χ3n) is 3.73. The standard InChI is InChI=1S/C15H28N2OS/c1-11(10-15(2,3)4)9-13(18)17-7-5-12(6-8-17)14(16)19/h11-12H,5-10H2,1-4H3,(H2,16,19). The summed E-state index contributed by atoms with van der Waals surface area (Å²) >= 11 is 5.02. The molecular formula is C15H28N2OS. The fraction of sp³-hybridized carbons (Fsp3) is 0.867. The first kappa shape index (κ1) is 16.4. The Labute approximate surface area is 122 Å². The maximum atomic E-state index is 12.2. The molecule has 1 aliphatic rings. The van der Waals surface area contributed by atoms with E-state index in [0.29, 0.717) is 28.7 Å². The van der Waals surface area contributed by atoms with Crippen molar-refractivity contribution >= 4 is 23.1 Å². The maximum absolute atomic E-state index is 12.2. The number of carbonyl (C=O) groups is 1. The van der Waals surface area contributed by atoms with E-state index >= 15 is 0 Å². The smallest absolute Gasteiger partial charge is 0.222 e. The van der Waals surface area contributed by atoms with Crippen LogP contribution in [0.3, 0.4) is 0 Å². The first-order chi connectivity index (χ1) is 8.69. The molecule has 1 atom stereocenters. The number of thiocarbonyl (C=S) groups is 1. The Hall–Kier alpha value is -0.640. The fourth-order valence-electron chi connectivity index (χ4n) is 2.96. The van der Waals surface area contributed by atoms with E-state index in [1.54, 1.807) is 0 Å². The number of hydrogen-bond acceptors (Lipinski definition) is 2. The molecule has 1 unspecified atom stereocenters. The van der Waals surface area contributed by atoms with Gasteiger partial charge in [-0.15, -0.1) is 0 Å². The van der Waals surface area contributed by atoms with Gasteiger partial charge in [-0.3, -0.25) is 4.79 Å². The third kappa shape index (κ3) is 5.89. The predicted molar refractivity (Wildman–Crippen MR) is 83.9 cm³/mol. The van der Waals surface area contributed by atoms with Crippen molar-refractivity contribution in [2.75, 3.05) is 13.1 Å². The molecular weight excluding hydrogens is 256 g/mol. The number of hydrogen-bond donors (Lipinski definition) is 1. The Morgan fingerprint density at radius 3 is 2.32 bits per heavy atom. The highest BCUT2D eigenvalue weighted by Gasteiger charge is 2.26. The van der Waals surface area contributed by atoms with Gasteiger partial charge in [-0.2, -0.15) is 0 Å². The summed E-state index contributed by atoms with van der Waals surface area (Å²) in [4.78, 5) is 14.8. The Kier molecular flexibility index (Phi) is 5.78. The van der Waals surface area contributed by atoms with Gasteiger partial charge in [-0.05, 0) is 30.6 Å². The number of likely N-dealkylation sites (tertiary alicyclic amines) is 1. The Balaban J connectivity index is 2.37. The van der Waals surface area contributed by atoms with E-state index in [1.807, 2.05) is 4.90 Å². The Bertz CT molecular complexity index is 328. The zero-order chi connectivity index (χ0) is 14.6. The minimum Gasteiger partial charge on any atom is -0.393 e. The zero-order valence-corrected chi connectivity index (χ0v) is 13.6. The van der Waals surface area contributed by atoms with E-state index in [9.17, 15) is 4.79 Å². The lowest BCUT2D eigenvalue weighted by atomic mass is 9.84. The van der Waals surface area contributed by atoms with Crippen LogP contribution in [0.15, 0.2) is 0 Å². The van der Waals surface area contributed by atoms with Crippen LogP contribution in [-0.4, -0.2) is 28.9 Å². The average molecular weight is 284 g/mol. The molecule has 1 fully saturated rings. The third-order valence-corrected chi connectivity index (χ3v) is 4.07. The average Bonchev–Trinajstić information content (AvgIpc) is 2.26. The van der Waals surface area contributed by atoms with Crippen molar-refractivity contribution in [1.29, 1.82) is 0 Å². The number of rotatable bonds is 4. The summed E-state index contributed by atoms with van der Waals surface area (Å²) in [6, 6.07) is 0. The molecule has 0 radical (unpaired) electrons. The largest absolute Gasteiger partial charge is 0.393 e. The van der Waals surface area contributed by atoms with Crippen LogP contribution in [-0.2, 0) is 4.79 Å². The van der Waals surface area contributed by atoms with Gasteiger partial charge in [0.25, 0.3) is 0 Å². The molecule has 0 aromatic carbocycles. The molecule has 1 amide bonds. The van der Waals surface area contributed by atoms with Gasteiger partial charge in [-0.25, -0.2) is 0 Å². The number of carbonyl (C=O) groups excluding carboxylic acids is 1. The summed E-state index contributed by atoms with van der Waals surface area (Å²) in [5, 5.41) is 0. The van der Waals surface area contributed by atoms with Crippen molar-refractivity contribution in [2.45, 2.75) is 53.4 Å². The van der Waals surface area contributed by atoms with E-state index < -0.39 is 0 Å². The predicted octanol–water partition coefficient (Wildman–Crippen LogP) is 2.97. The summed E-state index contributed by atoms with van der Waals surface area (Å²) in [7, 11) is 0. The first-order valence-electron chi connectivity index (χ1n) is 7.26. The normalized spacial score (nSPS) is 19.3. The fourth-order valence-corrected chi connectivity index (χ4v) is 3.19. The lowest BCUT2D eigenvalue weighted by Gasteiger charge is -2.32. The summed E-state index contributed by atoms with van der Waals surface area (Å²) < 4.78 is 0. The van der Waals surface area contributed by atoms with E-state index in [2.05, 4.69) is 27.7 Å². The van der Waals surface area contributed by atoms with Crippen molar-refractivity contribution in [2.24, 2.45) is 23.0 Å². The van der Waals surface area contributed by atoms with Gasteiger partial charge in [0.2, 0.25) is 5.91 Å². The zero-order valence-electron chi connectivity index (χ0n) is 12.7. The molecule has 0 aliphatic carbocycles. The van der Waals surface area contributed by atoms with Crippen LogP contribution in [0.1, 0.15) is 53.4 Å². The Morgan fingerprint density at radius 1 is 1.37 bits per heavy atom. The lowest BCUT2D eigenvalue weighted by molar-refractivity contribution is -0.133. The van der Waals surface area contributed by atoms with Gasteiger partial charge in [0, 0.05) is 25.4 Å². The number of amides is 1. The summed E-state index contributed by atoms with van der Waals surface area (Å²) in [5.74, 6) is 1.06. The highest BCUT2D eigenvalue weighted by atomic mass is 32.1. The van der Waals surface area contributed by atoms with Crippen LogP contribution in [0.5, 0.6) is 0 Å². The molecule has 1 saturated heterocycles. The highest BCUT2D eigenvalue weighted by Crippen LogP contribution is 2.27. The SMILES string of the molecule is CC(CC(=O)N1CCC(C(N)=S)CC1)CC(C)(C)C. The lowest BCUT2D eigenvalue weighted by Crippen LogP contribution is -2.41. The molecule has 1 aliphatic heterocycles. The topological polar surface area (TPSA) is 46.3 Å².